The van der Waals surface area contributed by atoms with Gasteiger partial charge in [-0.25, -0.2) is 5.06 Å². The Bertz CT molecular complexity index is 1560. The Kier molecular flexibility index (Phi) is 6.54. The number of aliphatic hydroxyl groups is 2. The molecule has 4 aliphatic carbocycles. The lowest BCUT2D eigenvalue weighted by molar-refractivity contribution is -0.477. The predicted octanol–water partition coefficient (Wildman–Crippen LogP) is 1.90. The van der Waals surface area contributed by atoms with Gasteiger partial charge in [-0.05, 0) is 31.2 Å². The molecule has 3 heterocycles. The number of aliphatic hydroxyl groups excluding tert-OH is 1. The molecule has 1 aromatic rings. The average molecular weight is 662 g/mol. The second-order valence-corrected chi connectivity index (χ2v) is 15.1. The number of esters is 2. The van der Waals surface area contributed by atoms with Crippen molar-refractivity contribution >= 4 is 23.6 Å². The summed E-state index contributed by atoms with van der Waals surface area (Å²) in [5.74, 6) is -5.87. The topological polar surface area (TPSA) is 180 Å². The van der Waals surface area contributed by atoms with Crippen LogP contribution < -0.4 is 0 Å². The standard InChI is InChI=1S/C33H43NO13/c1-17(35)44-25-27(3)16-31-28(4,19(27)14-22(37)41-7)30-11-10-26(2,23(38)18-9-12-43-15-18)20(13-21(36)34(6)42-8)33(30,24(39)32(25,31)40)47-29(5,45-30)46-31/h9,12,15,19-20,24-25,39-40H,10-11,13-14,16H2,1-8H3. The quantitative estimate of drug-likeness (QED) is 0.235. The lowest BCUT2D eigenvalue weighted by Gasteiger charge is -2.76. The van der Waals surface area contributed by atoms with E-state index in [9.17, 15) is 29.4 Å². The number of Topliss-reactive ketones (excluding diaryl/α,β-unsaturated/α-hetero) is 1. The van der Waals surface area contributed by atoms with E-state index in [0.29, 0.717) is 0 Å². The molecular formula is C33H43NO13. The number of nitrogens with zero attached hydrogens (tertiary/aromatic N) is 1. The molecule has 1 aromatic heterocycles. The highest BCUT2D eigenvalue weighted by atomic mass is 16.9. The average Bonchev–Trinajstić information content (AvgIpc) is 3.72. The summed E-state index contributed by atoms with van der Waals surface area (Å²) in [7, 11) is 4.03. The molecule has 4 saturated carbocycles. The summed E-state index contributed by atoms with van der Waals surface area (Å²) in [5.41, 5.74) is -11.1. The van der Waals surface area contributed by atoms with Crippen LogP contribution in [0.25, 0.3) is 0 Å². The van der Waals surface area contributed by atoms with Gasteiger partial charge >= 0.3 is 11.9 Å². The zero-order chi connectivity index (χ0) is 34.4. The number of ketones is 1. The van der Waals surface area contributed by atoms with E-state index in [0.717, 1.165) is 5.06 Å². The van der Waals surface area contributed by atoms with Crippen LogP contribution in [0.4, 0.5) is 0 Å². The Morgan fingerprint density at radius 1 is 1.00 bits per heavy atom. The number of ether oxygens (including phenoxy) is 5. The van der Waals surface area contributed by atoms with Crippen molar-refractivity contribution in [2.45, 2.75) is 107 Å². The molecule has 12 unspecified atom stereocenters. The van der Waals surface area contributed by atoms with Gasteiger partial charge in [-0.2, -0.15) is 0 Å². The summed E-state index contributed by atoms with van der Waals surface area (Å²) < 4.78 is 36.9. The van der Waals surface area contributed by atoms with Crippen LogP contribution in [-0.4, -0.2) is 101 Å². The Morgan fingerprint density at radius 3 is 2.28 bits per heavy atom. The lowest BCUT2D eigenvalue weighted by atomic mass is 9.33. The van der Waals surface area contributed by atoms with E-state index >= 15 is 0 Å². The molecule has 1 amide bonds. The van der Waals surface area contributed by atoms with Gasteiger partial charge in [-0.1, -0.05) is 20.8 Å². The van der Waals surface area contributed by atoms with Gasteiger partial charge in [-0.3, -0.25) is 24.0 Å². The van der Waals surface area contributed by atoms with Gasteiger partial charge in [0.05, 0.1) is 26.0 Å². The molecule has 2 saturated heterocycles. The number of carbonyl (C=O) groups excluding carboxylic acids is 4. The highest BCUT2D eigenvalue weighted by Crippen LogP contribution is 2.89. The summed E-state index contributed by atoms with van der Waals surface area (Å²) in [6.45, 7) is 8.13. The molecule has 4 bridgehead atoms. The Morgan fingerprint density at radius 2 is 1.68 bits per heavy atom. The first-order valence-electron chi connectivity index (χ1n) is 16.0. The van der Waals surface area contributed by atoms with Crippen molar-refractivity contribution in [1.82, 2.24) is 5.06 Å². The number of hydroxylamine groups is 2. The maximum atomic E-state index is 14.5. The maximum Gasteiger partial charge on any atom is 0.305 e. The maximum absolute atomic E-state index is 14.5. The van der Waals surface area contributed by atoms with Crippen LogP contribution in [0.15, 0.2) is 23.0 Å². The highest BCUT2D eigenvalue weighted by Gasteiger charge is 3.03. The van der Waals surface area contributed by atoms with Crippen molar-refractivity contribution in [2.24, 2.45) is 28.1 Å². The number of rotatable bonds is 8. The summed E-state index contributed by atoms with van der Waals surface area (Å²) in [5, 5.41) is 27.3. The van der Waals surface area contributed by atoms with Crippen LogP contribution in [-0.2, 0) is 42.9 Å². The predicted molar refractivity (Wildman–Crippen MR) is 156 cm³/mol. The number of carbonyl (C=O) groups is 4. The SMILES string of the molecule is COC(=O)CC1C2(C)CC34OC5(C)OC6(C(CC(=O)N(C)OC)C(C)(C(=O)c7ccoc7)CCC6(O5)C13C)C(O)C4(O)C2OC(C)=O. The molecule has 47 heavy (non-hydrogen) atoms. The third kappa shape index (κ3) is 3.28. The van der Waals surface area contributed by atoms with E-state index in [2.05, 4.69) is 0 Å². The number of amides is 1. The van der Waals surface area contributed by atoms with E-state index in [1.54, 1.807) is 13.8 Å². The van der Waals surface area contributed by atoms with Crippen LogP contribution in [0.3, 0.4) is 0 Å². The zero-order valence-corrected chi connectivity index (χ0v) is 27.9. The fourth-order valence-electron chi connectivity index (χ4n) is 11.8. The van der Waals surface area contributed by atoms with Crippen molar-refractivity contribution in [1.29, 1.82) is 0 Å². The summed E-state index contributed by atoms with van der Waals surface area (Å²) in [6.07, 6.45) is -0.717. The first-order valence-corrected chi connectivity index (χ1v) is 16.0. The largest absolute Gasteiger partial charge is 0.472 e. The minimum Gasteiger partial charge on any atom is -0.472 e. The van der Waals surface area contributed by atoms with Gasteiger partial charge in [0.2, 0.25) is 5.91 Å². The van der Waals surface area contributed by atoms with Crippen molar-refractivity contribution < 1.29 is 62.3 Å². The van der Waals surface area contributed by atoms with Crippen LogP contribution in [0.2, 0.25) is 0 Å². The van der Waals surface area contributed by atoms with Crippen molar-refractivity contribution in [2.75, 3.05) is 21.3 Å². The van der Waals surface area contributed by atoms with Crippen LogP contribution >= 0.6 is 0 Å². The van der Waals surface area contributed by atoms with Crippen LogP contribution in [0.1, 0.15) is 77.1 Å². The molecule has 6 fully saturated rings. The molecule has 12 atom stereocenters. The van der Waals surface area contributed by atoms with E-state index in [1.807, 2.05) is 13.8 Å². The summed E-state index contributed by atoms with van der Waals surface area (Å²) >= 11 is 0. The molecule has 0 aromatic carbocycles. The van der Waals surface area contributed by atoms with Crippen LogP contribution in [0.5, 0.6) is 0 Å². The number of hydrogen-bond donors (Lipinski definition) is 2. The first-order chi connectivity index (χ1) is 21.8. The number of hydrogen-bond acceptors (Lipinski definition) is 13. The molecule has 0 radical (unpaired) electrons. The third-order valence-electron chi connectivity index (χ3n) is 13.4. The van der Waals surface area contributed by atoms with Gasteiger partial charge in [-0.15, -0.1) is 0 Å². The number of methoxy groups -OCH3 is 1. The van der Waals surface area contributed by atoms with Gasteiger partial charge in [0, 0.05) is 55.9 Å². The van der Waals surface area contributed by atoms with Gasteiger partial charge in [0.1, 0.15) is 35.3 Å². The summed E-state index contributed by atoms with van der Waals surface area (Å²) in [6, 6.07) is 1.53. The normalized spacial score (nSPS) is 49.8. The second-order valence-electron chi connectivity index (χ2n) is 15.1. The highest BCUT2D eigenvalue weighted by molar-refractivity contribution is 6.01. The molecule has 258 valence electrons. The van der Waals surface area contributed by atoms with Gasteiger partial charge in [0.25, 0.3) is 5.97 Å². The van der Waals surface area contributed by atoms with Crippen LogP contribution in [0, 0.1) is 28.1 Å². The summed E-state index contributed by atoms with van der Waals surface area (Å²) in [4.78, 5) is 59.5. The molecule has 14 heteroatoms. The molecule has 7 rings (SSSR count). The smallest absolute Gasteiger partial charge is 0.305 e. The van der Waals surface area contributed by atoms with E-state index in [1.165, 1.54) is 46.8 Å². The lowest BCUT2D eigenvalue weighted by Crippen LogP contribution is -2.93. The van der Waals surface area contributed by atoms with Crippen molar-refractivity contribution in [3.63, 3.8) is 0 Å². The fourth-order valence-corrected chi connectivity index (χ4v) is 11.8. The first kappa shape index (κ1) is 32.7. The van der Waals surface area contributed by atoms with E-state index in [-0.39, 0.29) is 43.5 Å². The third-order valence-corrected chi connectivity index (χ3v) is 13.4. The molecular weight excluding hydrogens is 618 g/mol. The second kappa shape index (κ2) is 9.42. The van der Waals surface area contributed by atoms with Crippen molar-refractivity contribution in [3.05, 3.63) is 24.2 Å². The monoisotopic (exact) mass is 661 g/mol. The van der Waals surface area contributed by atoms with E-state index < -0.39 is 86.5 Å². The molecule has 2 aliphatic heterocycles. The van der Waals surface area contributed by atoms with E-state index in [4.69, 9.17) is 32.9 Å². The minimum absolute atomic E-state index is 0.0883. The Labute approximate surface area is 271 Å². The van der Waals surface area contributed by atoms with Gasteiger partial charge in [0.15, 0.2) is 11.4 Å². The number of furan rings is 1. The molecule has 2 spiro atoms. The molecule has 2 N–H and O–H groups in total. The molecule has 14 nitrogen and oxygen atoms in total. The Hall–Kier alpha value is -2.88. The number of fused-ring (bicyclic) bond motifs is 2. The Balaban J connectivity index is 1.54. The van der Waals surface area contributed by atoms with Gasteiger partial charge < -0.3 is 38.3 Å². The zero-order valence-electron chi connectivity index (χ0n) is 27.9. The van der Waals surface area contributed by atoms with Crippen molar-refractivity contribution in [3.8, 4) is 0 Å². The fraction of sp³-hybridized carbons (Fsp3) is 0.758. The molecule has 6 aliphatic rings. The minimum atomic E-state index is -2.33.